The fourth-order valence-corrected chi connectivity index (χ4v) is 2.01. The molecule has 3 heteroatoms. The van der Waals surface area contributed by atoms with E-state index >= 15 is 0 Å². The van der Waals surface area contributed by atoms with E-state index in [9.17, 15) is 0 Å². The van der Waals surface area contributed by atoms with Crippen LogP contribution in [0.15, 0.2) is 6.07 Å². The molecular weight excluding hydrogens is 210 g/mol. The number of aryl methyl sites for hydroxylation is 1. The lowest BCUT2D eigenvalue weighted by molar-refractivity contribution is 0.391. The summed E-state index contributed by atoms with van der Waals surface area (Å²) < 4.78 is 2.25. The van der Waals surface area contributed by atoms with Crippen molar-refractivity contribution in [2.75, 3.05) is 27.2 Å². The van der Waals surface area contributed by atoms with Crippen molar-refractivity contribution in [3.63, 3.8) is 0 Å². The Bertz CT molecular complexity index is 339. The summed E-state index contributed by atoms with van der Waals surface area (Å²) in [4.78, 5) is 2.24. The third-order valence-electron chi connectivity index (χ3n) is 3.40. The Labute approximate surface area is 106 Å². The molecule has 0 spiro atoms. The monoisotopic (exact) mass is 237 g/mol. The smallest absolute Gasteiger partial charge is 0.0223 e. The predicted octanol–water partition coefficient (Wildman–Crippen LogP) is 2.07. The van der Waals surface area contributed by atoms with E-state index in [0.717, 1.165) is 13.1 Å². The Morgan fingerprint density at radius 1 is 1.24 bits per heavy atom. The molecule has 3 nitrogen and oxygen atoms in total. The van der Waals surface area contributed by atoms with Crippen LogP contribution in [-0.2, 0) is 13.6 Å². The molecule has 1 aromatic rings. The largest absolute Gasteiger partial charge is 0.352 e. The fourth-order valence-electron chi connectivity index (χ4n) is 2.01. The van der Waals surface area contributed by atoms with Crippen molar-refractivity contribution in [3.8, 4) is 0 Å². The van der Waals surface area contributed by atoms with Gasteiger partial charge in [0.05, 0.1) is 0 Å². The quantitative estimate of drug-likeness (QED) is 0.733. The van der Waals surface area contributed by atoms with E-state index in [2.05, 4.69) is 55.8 Å². The van der Waals surface area contributed by atoms with Gasteiger partial charge in [-0.2, -0.15) is 0 Å². The minimum absolute atomic E-state index is 0.996. The molecule has 0 fully saturated rings. The highest BCUT2D eigenvalue weighted by molar-refractivity contribution is 5.26. The molecule has 98 valence electrons. The molecule has 0 unspecified atom stereocenters. The van der Waals surface area contributed by atoms with Crippen molar-refractivity contribution >= 4 is 0 Å². The molecule has 0 aliphatic carbocycles. The van der Waals surface area contributed by atoms with E-state index in [1.54, 1.807) is 0 Å². The minimum atomic E-state index is 0.996. The summed E-state index contributed by atoms with van der Waals surface area (Å²) in [6, 6.07) is 2.28. The summed E-state index contributed by atoms with van der Waals surface area (Å²) in [5.74, 6) is 0. The standard InChI is InChI=1S/C14H27N3/c1-12-10-14(13(2)17(12)5)11-15-8-6-7-9-16(3)4/h10,15H,6-9,11H2,1-5H3. The van der Waals surface area contributed by atoms with E-state index in [0.29, 0.717) is 0 Å². The molecule has 0 bridgehead atoms. The Balaban J connectivity index is 2.20. The van der Waals surface area contributed by atoms with Crippen LogP contribution in [0.3, 0.4) is 0 Å². The lowest BCUT2D eigenvalue weighted by Crippen LogP contribution is -2.18. The van der Waals surface area contributed by atoms with Crippen LogP contribution in [0.1, 0.15) is 29.8 Å². The van der Waals surface area contributed by atoms with Crippen molar-refractivity contribution in [1.82, 2.24) is 14.8 Å². The topological polar surface area (TPSA) is 20.2 Å². The highest BCUT2D eigenvalue weighted by atomic mass is 15.0. The first-order valence-corrected chi connectivity index (χ1v) is 6.49. The van der Waals surface area contributed by atoms with Gasteiger partial charge in [0.15, 0.2) is 0 Å². The van der Waals surface area contributed by atoms with Gasteiger partial charge in [0.25, 0.3) is 0 Å². The van der Waals surface area contributed by atoms with Crippen molar-refractivity contribution in [1.29, 1.82) is 0 Å². The van der Waals surface area contributed by atoms with Gasteiger partial charge < -0.3 is 14.8 Å². The van der Waals surface area contributed by atoms with Gasteiger partial charge in [0, 0.05) is 25.0 Å². The molecule has 1 heterocycles. The Hall–Kier alpha value is -0.800. The lowest BCUT2D eigenvalue weighted by atomic mass is 10.2. The van der Waals surface area contributed by atoms with Crippen LogP contribution in [0.4, 0.5) is 0 Å². The maximum atomic E-state index is 3.52. The third-order valence-corrected chi connectivity index (χ3v) is 3.40. The molecule has 0 amide bonds. The number of nitrogens with zero attached hydrogens (tertiary/aromatic N) is 2. The van der Waals surface area contributed by atoms with Gasteiger partial charge in [-0.15, -0.1) is 0 Å². The summed E-state index contributed by atoms with van der Waals surface area (Å²) >= 11 is 0. The summed E-state index contributed by atoms with van der Waals surface area (Å²) in [6.07, 6.45) is 2.52. The number of unbranched alkanes of at least 4 members (excludes halogenated alkanes) is 1. The van der Waals surface area contributed by atoms with Gasteiger partial charge in [0.1, 0.15) is 0 Å². The lowest BCUT2D eigenvalue weighted by Gasteiger charge is -2.09. The fraction of sp³-hybridized carbons (Fsp3) is 0.714. The van der Waals surface area contributed by atoms with E-state index < -0.39 is 0 Å². The summed E-state index contributed by atoms with van der Waals surface area (Å²) in [5.41, 5.74) is 4.15. The summed E-state index contributed by atoms with van der Waals surface area (Å²) in [7, 11) is 6.39. The van der Waals surface area contributed by atoms with E-state index in [-0.39, 0.29) is 0 Å². The van der Waals surface area contributed by atoms with Crippen LogP contribution < -0.4 is 5.32 Å². The number of aromatic nitrogens is 1. The van der Waals surface area contributed by atoms with E-state index in [4.69, 9.17) is 0 Å². The van der Waals surface area contributed by atoms with Gasteiger partial charge in [0.2, 0.25) is 0 Å². The van der Waals surface area contributed by atoms with Gasteiger partial charge in [-0.05, 0) is 65.5 Å². The van der Waals surface area contributed by atoms with E-state index in [1.165, 1.54) is 36.3 Å². The average molecular weight is 237 g/mol. The van der Waals surface area contributed by atoms with Crippen LogP contribution in [0, 0.1) is 13.8 Å². The van der Waals surface area contributed by atoms with Crippen LogP contribution in [0.25, 0.3) is 0 Å². The summed E-state index contributed by atoms with van der Waals surface area (Å²) in [6.45, 7) is 7.64. The number of nitrogens with one attached hydrogen (secondary N) is 1. The second-order valence-corrected chi connectivity index (χ2v) is 5.14. The molecule has 17 heavy (non-hydrogen) atoms. The Kier molecular flexibility index (Phi) is 5.72. The highest BCUT2D eigenvalue weighted by Gasteiger charge is 2.04. The Morgan fingerprint density at radius 2 is 1.94 bits per heavy atom. The third kappa shape index (κ3) is 4.52. The normalized spacial score (nSPS) is 11.4. The molecular formula is C14H27N3. The Morgan fingerprint density at radius 3 is 2.47 bits per heavy atom. The van der Waals surface area contributed by atoms with Gasteiger partial charge in [-0.25, -0.2) is 0 Å². The first kappa shape index (κ1) is 14.3. The second kappa shape index (κ2) is 6.82. The predicted molar refractivity (Wildman–Crippen MR) is 74.4 cm³/mol. The zero-order valence-corrected chi connectivity index (χ0v) is 12.0. The first-order valence-electron chi connectivity index (χ1n) is 6.49. The molecule has 0 saturated carbocycles. The van der Waals surface area contributed by atoms with Crippen LogP contribution in [0.5, 0.6) is 0 Å². The summed E-state index contributed by atoms with van der Waals surface area (Å²) in [5, 5.41) is 3.52. The van der Waals surface area contributed by atoms with Gasteiger partial charge >= 0.3 is 0 Å². The molecule has 0 atom stereocenters. The zero-order valence-electron chi connectivity index (χ0n) is 12.0. The molecule has 0 saturated heterocycles. The zero-order chi connectivity index (χ0) is 12.8. The van der Waals surface area contributed by atoms with Crippen molar-refractivity contribution in [3.05, 3.63) is 23.0 Å². The maximum absolute atomic E-state index is 3.52. The highest BCUT2D eigenvalue weighted by Crippen LogP contribution is 2.12. The molecule has 0 aliphatic rings. The van der Waals surface area contributed by atoms with E-state index in [1.807, 2.05) is 0 Å². The molecule has 0 aromatic carbocycles. The SMILES string of the molecule is Cc1cc(CNCCCCN(C)C)c(C)n1C. The molecule has 0 aliphatic heterocycles. The average Bonchev–Trinajstić information content (AvgIpc) is 2.51. The molecule has 0 radical (unpaired) electrons. The van der Waals surface area contributed by atoms with Crippen molar-refractivity contribution < 1.29 is 0 Å². The number of hydrogen-bond acceptors (Lipinski definition) is 2. The van der Waals surface area contributed by atoms with Crippen LogP contribution in [0.2, 0.25) is 0 Å². The van der Waals surface area contributed by atoms with Crippen LogP contribution >= 0.6 is 0 Å². The van der Waals surface area contributed by atoms with Gasteiger partial charge in [-0.3, -0.25) is 0 Å². The second-order valence-electron chi connectivity index (χ2n) is 5.14. The first-order chi connectivity index (χ1) is 8.02. The van der Waals surface area contributed by atoms with Crippen molar-refractivity contribution in [2.24, 2.45) is 7.05 Å². The maximum Gasteiger partial charge on any atom is 0.0223 e. The number of hydrogen-bond donors (Lipinski definition) is 1. The molecule has 1 N–H and O–H groups in total. The molecule has 1 aromatic heterocycles. The number of rotatable bonds is 7. The van der Waals surface area contributed by atoms with Crippen LogP contribution in [-0.4, -0.2) is 36.7 Å². The van der Waals surface area contributed by atoms with Gasteiger partial charge in [-0.1, -0.05) is 0 Å². The van der Waals surface area contributed by atoms with Crippen molar-refractivity contribution in [2.45, 2.75) is 33.2 Å². The molecule has 1 rings (SSSR count). The minimum Gasteiger partial charge on any atom is -0.352 e.